The van der Waals surface area contributed by atoms with Gasteiger partial charge in [-0.2, -0.15) is 0 Å². The summed E-state index contributed by atoms with van der Waals surface area (Å²) in [5.74, 6) is 3.26. The quantitative estimate of drug-likeness (QED) is 0.456. The largest absolute Gasteiger partial charge is 0.393 e. The number of hydrogen-bond acceptors (Lipinski definition) is 2. The van der Waals surface area contributed by atoms with Crippen LogP contribution in [0.5, 0.6) is 0 Å². The summed E-state index contributed by atoms with van der Waals surface area (Å²) in [5.41, 5.74) is 0.620. The van der Waals surface area contributed by atoms with Gasteiger partial charge in [0, 0.05) is 0 Å². The van der Waals surface area contributed by atoms with Gasteiger partial charge in [0.05, 0.1) is 11.7 Å². The lowest BCUT2D eigenvalue weighted by molar-refractivity contribution is -0.221. The van der Waals surface area contributed by atoms with Gasteiger partial charge >= 0.3 is 0 Å². The van der Waals surface area contributed by atoms with Crippen molar-refractivity contribution in [2.24, 2.45) is 51.2 Å². The Kier molecular flexibility index (Phi) is 6.24. The highest BCUT2D eigenvalue weighted by Gasteiger charge is 2.69. The summed E-state index contributed by atoms with van der Waals surface area (Å²) in [6.07, 6.45) is 12.9. The fourth-order valence-electron chi connectivity index (χ4n) is 10.8. The Morgan fingerprint density at radius 2 is 1.53 bits per heavy atom. The molecular formula is C30H54O2. The molecule has 0 radical (unpaired) electrons. The van der Waals surface area contributed by atoms with E-state index in [1.807, 2.05) is 0 Å². The van der Waals surface area contributed by atoms with Crippen LogP contribution >= 0.6 is 0 Å². The second-order valence-electron chi connectivity index (χ2n) is 15.0. The molecule has 4 rings (SSSR count). The summed E-state index contributed by atoms with van der Waals surface area (Å²) in [7, 11) is 0. The molecule has 0 saturated heterocycles. The van der Waals surface area contributed by atoms with Gasteiger partial charge in [-0.3, -0.25) is 0 Å². The first-order valence-electron chi connectivity index (χ1n) is 14.1. The molecule has 2 nitrogen and oxygen atoms in total. The van der Waals surface area contributed by atoms with E-state index in [1.165, 1.54) is 44.9 Å². The lowest BCUT2D eigenvalue weighted by Crippen LogP contribution is -2.63. The zero-order valence-corrected chi connectivity index (χ0v) is 22.6. The van der Waals surface area contributed by atoms with Crippen molar-refractivity contribution in [3.8, 4) is 0 Å². The Morgan fingerprint density at radius 1 is 0.875 bits per heavy atom. The standard InChI is InChI=1S/C30H54O2/c1-20(2)10-9-15-30(8,32)23-13-16-28(6)22(23)11-12-25-27(5)19-21(31)18-26(3,4)24(27)14-17-29(25,28)7/h20-25,31-32H,9-19H2,1-8H3/t21-,22+,23-,24-,25+,27-,28+,29+,30-/m0/s1. The van der Waals surface area contributed by atoms with Crippen LogP contribution in [0, 0.1) is 51.2 Å². The Bertz CT molecular complexity index is 695. The number of fused-ring (bicyclic) bond motifs is 5. The van der Waals surface area contributed by atoms with Gasteiger partial charge < -0.3 is 10.2 Å². The van der Waals surface area contributed by atoms with Crippen LogP contribution < -0.4 is 0 Å². The highest BCUT2D eigenvalue weighted by Crippen LogP contribution is 2.75. The Labute approximate surface area is 199 Å². The maximum absolute atomic E-state index is 11.7. The third-order valence-electron chi connectivity index (χ3n) is 12.3. The summed E-state index contributed by atoms with van der Waals surface area (Å²) in [4.78, 5) is 0. The Morgan fingerprint density at radius 3 is 2.19 bits per heavy atom. The third kappa shape index (κ3) is 3.64. The molecule has 4 aliphatic rings. The fraction of sp³-hybridized carbons (Fsp3) is 1.00. The highest BCUT2D eigenvalue weighted by molar-refractivity contribution is 5.18. The van der Waals surface area contributed by atoms with Crippen LogP contribution in [0.4, 0.5) is 0 Å². The third-order valence-corrected chi connectivity index (χ3v) is 12.3. The van der Waals surface area contributed by atoms with Gasteiger partial charge in [-0.25, -0.2) is 0 Å². The summed E-state index contributed by atoms with van der Waals surface area (Å²) in [6, 6.07) is 0. The van der Waals surface area contributed by atoms with E-state index in [1.54, 1.807) is 0 Å². The SMILES string of the molecule is CC(C)CCC[C@](C)(O)[C@H]1CC[C@]2(C)[C@@H]1CC[C@@H]1[C@@]3(C)C[C@@H](O)CC(C)(C)[C@@H]3CC[C@]12C. The summed E-state index contributed by atoms with van der Waals surface area (Å²) in [5, 5.41) is 22.6. The van der Waals surface area contributed by atoms with Crippen LogP contribution in [0.25, 0.3) is 0 Å². The molecule has 0 amide bonds. The molecule has 0 aliphatic heterocycles. The average molecular weight is 447 g/mol. The van der Waals surface area contributed by atoms with Gasteiger partial charge in [-0.1, -0.05) is 61.3 Å². The molecule has 2 heteroatoms. The molecule has 0 aromatic rings. The summed E-state index contributed by atoms with van der Waals surface area (Å²) in [6.45, 7) is 19.4. The topological polar surface area (TPSA) is 40.5 Å². The molecule has 0 bridgehead atoms. The van der Waals surface area contributed by atoms with Gasteiger partial charge in [-0.05, 0) is 116 Å². The monoisotopic (exact) mass is 446 g/mol. The van der Waals surface area contributed by atoms with E-state index in [2.05, 4.69) is 55.4 Å². The van der Waals surface area contributed by atoms with E-state index in [-0.39, 0.29) is 16.9 Å². The second kappa shape index (κ2) is 7.97. The first kappa shape index (κ1) is 25.0. The van der Waals surface area contributed by atoms with E-state index in [9.17, 15) is 10.2 Å². The van der Waals surface area contributed by atoms with Crippen LogP contribution in [0.2, 0.25) is 0 Å². The molecule has 4 aliphatic carbocycles. The Hall–Kier alpha value is -0.0800. The first-order valence-corrected chi connectivity index (χ1v) is 14.1. The van der Waals surface area contributed by atoms with Crippen molar-refractivity contribution in [2.75, 3.05) is 0 Å². The minimum Gasteiger partial charge on any atom is -0.393 e. The van der Waals surface area contributed by atoms with Crippen molar-refractivity contribution in [1.29, 1.82) is 0 Å². The molecule has 0 aromatic carbocycles. The van der Waals surface area contributed by atoms with E-state index in [4.69, 9.17) is 0 Å². The van der Waals surface area contributed by atoms with Crippen LogP contribution in [-0.2, 0) is 0 Å². The van der Waals surface area contributed by atoms with Crippen molar-refractivity contribution in [3.63, 3.8) is 0 Å². The fourth-order valence-corrected chi connectivity index (χ4v) is 10.8. The van der Waals surface area contributed by atoms with Crippen LogP contribution in [0.15, 0.2) is 0 Å². The molecule has 186 valence electrons. The van der Waals surface area contributed by atoms with Crippen molar-refractivity contribution < 1.29 is 10.2 Å². The predicted molar refractivity (Wildman–Crippen MR) is 134 cm³/mol. The maximum atomic E-state index is 11.7. The second-order valence-corrected chi connectivity index (χ2v) is 15.0. The van der Waals surface area contributed by atoms with E-state index in [0.29, 0.717) is 28.6 Å². The van der Waals surface area contributed by atoms with E-state index in [0.717, 1.165) is 37.5 Å². The van der Waals surface area contributed by atoms with Gasteiger partial charge in [0.1, 0.15) is 0 Å². The van der Waals surface area contributed by atoms with Gasteiger partial charge in [0.2, 0.25) is 0 Å². The molecule has 4 saturated carbocycles. The van der Waals surface area contributed by atoms with Crippen molar-refractivity contribution in [3.05, 3.63) is 0 Å². The normalized spacial score (nSPS) is 49.8. The molecule has 9 atom stereocenters. The first-order chi connectivity index (χ1) is 14.7. The van der Waals surface area contributed by atoms with Crippen molar-refractivity contribution in [1.82, 2.24) is 0 Å². The smallest absolute Gasteiger partial charge is 0.0650 e. The van der Waals surface area contributed by atoms with Crippen LogP contribution in [0.1, 0.15) is 126 Å². The Balaban J connectivity index is 1.60. The van der Waals surface area contributed by atoms with E-state index < -0.39 is 5.60 Å². The van der Waals surface area contributed by atoms with Crippen molar-refractivity contribution in [2.45, 2.75) is 138 Å². The highest BCUT2D eigenvalue weighted by atomic mass is 16.3. The van der Waals surface area contributed by atoms with Crippen molar-refractivity contribution >= 4 is 0 Å². The molecule has 32 heavy (non-hydrogen) atoms. The van der Waals surface area contributed by atoms with Gasteiger partial charge in [-0.15, -0.1) is 0 Å². The van der Waals surface area contributed by atoms with Crippen LogP contribution in [-0.4, -0.2) is 21.9 Å². The minimum absolute atomic E-state index is 0.142. The molecular weight excluding hydrogens is 392 g/mol. The van der Waals surface area contributed by atoms with E-state index >= 15 is 0 Å². The number of hydrogen-bond donors (Lipinski definition) is 2. The molecule has 4 fully saturated rings. The zero-order valence-electron chi connectivity index (χ0n) is 22.6. The minimum atomic E-state index is -0.523. The van der Waals surface area contributed by atoms with Gasteiger partial charge in [0.15, 0.2) is 0 Å². The number of aliphatic hydroxyl groups is 2. The maximum Gasteiger partial charge on any atom is 0.0650 e. The molecule has 2 N–H and O–H groups in total. The lowest BCUT2D eigenvalue weighted by atomic mass is 9.35. The summed E-state index contributed by atoms with van der Waals surface area (Å²) >= 11 is 0. The number of aliphatic hydroxyl groups excluding tert-OH is 1. The molecule has 0 spiro atoms. The summed E-state index contributed by atoms with van der Waals surface area (Å²) < 4.78 is 0. The number of rotatable bonds is 5. The molecule has 0 heterocycles. The predicted octanol–water partition coefficient (Wildman–Crippen LogP) is 7.61. The zero-order chi connectivity index (χ0) is 23.7. The molecule has 0 aromatic heterocycles. The average Bonchev–Trinajstić information content (AvgIpc) is 2.99. The molecule has 0 unspecified atom stereocenters. The van der Waals surface area contributed by atoms with Gasteiger partial charge in [0.25, 0.3) is 0 Å². The van der Waals surface area contributed by atoms with Crippen LogP contribution in [0.3, 0.4) is 0 Å². The lowest BCUT2D eigenvalue weighted by Gasteiger charge is -2.69.